The van der Waals surface area contributed by atoms with E-state index >= 15 is 0 Å². The normalized spacial score (nSPS) is 11.8. The van der Waals surface area contributed by atoms with Gasteiger partial charge in [-0.05, 0) is 136 Å². The lowest BCUT2D eigenvalue weighted by molar-refractivity contribution is 1.12. The smallest absolute Gasteiger partial charge is 0.0541 e. The molecule has 1 aromatic heterocycles. The van der Waals surface area contributed by atoms with Crippen LogP contribution in [0.5, 0.6) is 0 Å². The maximum Gasteiger partial charge on any atom is 0.0541 e. The van der Waals surface area contributed by atoms with Gasteiger partial charge in [-0.1, -0.05) is 153 Å². The van der Waals surface area contributed by atoms with Crippen LogP contribution in [0.1, 0.15) is 41.7 Å². The second-order valence-corrected chi connectivity index (χ2v) is 14.6. The van der Waals surface area contributed by atoms with E-state index in [9.17, 15) is 0 Å². The lowest BCUT2D eigenvalue weighted by Gasteiger charge is -2.25. The largest absolute Gasteiger partial charge is 0.338 e. The van der Waals surface area contributed by atoms with E-state index in [-0.39, 0.29) is 0 Å². The van der Waals surface area contributed by atoms with Gasteiger partial charge in [-0.15, -0.1) is 12.8 Å². The number of rotatable bonds is 11. The summed E-state index contributed by atoms with van der Waals surface area (Å²) in [5.74, 6) is 0. The summed E-state index contributed by atoms with van der Waals surface area (Å²) in [5.41, 5.74) is 16.1. The molecule has 60 heavy (non-hydrogen) atoms. The van der Waals surface area contributed by atoms with Gasteiger partial charge in [0, 0.05) is 34.4 Å². The van der Waals surface area contributed by atoms with Gasteiger partial charge in [0.2, 0.25) is 0 Å². The van der Waals surface area contributed by atoms with Crippen LogP contribution >= 0.6 is 0 Å². The molecule has 1 heterocycles. The molecule has 0 aliphatic heterocycles. The Balaban J connectivity index is 0.00000268. The van der Waals surface area contributed by atoms with Crippen molar-refractivity contribution in [1.29, 1.82) is 0 Å². The van der Waals surface area contributed by atoms with Gasteiger partial charge < -0.3 is 9.47 Å². The van der Waals surface area contributed by atoms with Crippen LogP contribution in [-0.4, -0.2) is 11.1 Å². The molecule has 0 aliphatic carbocycles. The lowest BCUT2D eigenvalue weighted by atomic mass is 9.90. The number of terminal acetylenes is 1. The Hall–Kier alpha value is -7.60. The maximum atomic E-state index is 4.20. The third kappa shape index (κ3) is 7.70. The van der Waals surface area contributed by atoms with E-state index in [2.05, 4.69) is 233 Å². The summed E-state index contributed by atoms with van der Waals surface area (Å²) in [5, 5.41) is 4.77. The van der Waals surface area contributed by atoms with E-state index in [4.69, 9.17) is 0 Å². The molecule has 7 aromatic carbocycles. The van der Waals surface area contributed by atoms with Gasteiger partial charge in [0.15, 0.2) is 0 Å². The SMILES string of the molecule is C#C.C=Cc1c(C=C)c(/C=C\C)c(=C/CN(c2ccc(-c3ccc4c(c3)c3ccccc3n4-c3cccc(-c4ccccc4)c3)cc2)c2cccc(C)c2)/c(=C\C)c1C=C. The number of fused-ring (bicyclic) bond motifs is 3. The van der Waals surface area contributed by atoms with Crippen molar-refractivity contribution in [1.82, 2.24) is 4.57 Å². The quantitative estimate of drug-likeness (QED) is 0.119. The van der Waals surface area contributed by atoms with E-state index in [0.717, 1.165) is 49.8 Å². The first kappa shape index (κ1) is 40.6. The molecular formula is C58H50N2. The van der Waals surface area contributed by atoms with Crippen LogP contribution < -0.4 is 15.3 Å². The molecule has 0 fully saturated rings. The molecule has 292 valence electrons. The average Bonchev–Trinajstić information content (AvgIpc) is 3.64. The van der Waals surface area contributed by atoms with Crippen LogP contribution in [-0.2, 0) is 0 Å². The Morgan fingerprint density at radius 2 is 1.15 bits per heavy atom. The van der Waals surface area contributed by atoms with Crippen molar-refractivity contribution in [3.63, 3.8) is 0 Å². The molecular weight excluding hydrogens is 725 g/mol. The molecule has 2 heteroatoms. The summed E-state index contributed by atoms with van der Waals surface area (Å²) in [6.07, 6.45) is 22.6. The van der Waals surface area contributed by atoms with Crippen molar-refractivity contribution < 1.29 is 0 Å². The molecule has 0 bridgehead atoms. The molecule has 2 nitrogen and oxygen atoms in total. The Morgan fingerprint density at radius 3 is 1.85 bits per heavy atom. The third-order valence-corrected chi connectivity index (χ3v) is 11.2. The molecule has 0 radical (unpaired) electrons. The fourth-order valence-electron chi connectivity index (χ4n) is 8.47. The molecule has 8 aromatic rings. The van der Waals surface area contributed by atoms with E-state index in [1.807, 2.05) is 18.2 Å². The number of para-hydroxylation sites is 1. The van der Waals surface area contributed by atoms with Crippen molar-refractivity contribution in [2.45, 2.75) is 20.8 Å². The minimum atomic E-state index is 0.658. The minimum Gasteiger partial charge on any atom is -0.338 e. The number of anilines is 2. The highest BCUT2D eigenvalue weighted by Gasteiger charge is 2.16. The van der Waals surface area contributed by atoms with Crippen molar-refractivity contribution in [2.24, 2.45) is 0 Å². The number of aromatic nitrogens is 1. The van der Waals surface area contributed by atoms with Gasteiger partial charge in [0.05, 0.1) is 11.0 Å². The van der Waals surface area contributed by atoms with Gasteiger partial charge in [-0.3, -0.25) is 0 Å². The molecule has 8 rings (SSSR count). The molecule has 0 N–H and O–H groups in total. The van der Waals surface area contributed by atoms with Gasteiger partial charge in [0.25, 0.3) is 0 Å². The second kappa shape index (κ2) is 18.3. The third-order valence-electron chi connectivity index (χ3n) is 11.2. The van der Waals surface area contributed by atoms with E-state index in [1.165, 1.54) is 49.6 Å². The van der Waals surface area contributed by atoms with Crippen LogP contribution in [0.4, 0.5) is 11.4 Å². The van der Waals surface area contributed by atoms with Crippen molar-refractivity contribution in [3.05, 3.63) is 210 Å². The number of nitrogens with zero attached hydrogens (tertiary/aromatic N) is 2. The van der Waals surface area contributed by atoms with Crippen LogP contribution in [0.25, 0.3) is 86.2 Å². The van der Waals surface area contributed by atoms with Gasteiger partial charge in [-0.25, -0.2) is 0 Å². The highest BCUT2D eigenvalue weighted by Crippen LogP contribution is 2.37. The van der Waals surface area contributed by atoms with Crippen LogP contribution in [0, 0.1) is 19.8 Å². The Labute approximate surface area is 355 Å². The number of benzene rings is 7. The van der Waals surface area contributed by atoms with E-state index < -0.39 is 0 Å². The summed E-state index contributed by atoms with van der Waals surface area (Å²) in [6, 6.07) is 52.8. The number of allylic oxidation sites excluding steroid dienone is 1. The van der Waals surface area contributed by atoms with Crippen LogP contribution in [0.15, 0.2) is 171 Å². The predicted molar refractivity (Wildman–Crippen MR) is 265 cm³/mol. The van der Waals surface area contributed by atoms with E-state index in [1.54, 1.807) is 0 Å². The molecule has 0 saturated carbocycles. The first-order valence-corrected chi connectivity index (χ1v) is 20.3. The molecule has 0 amide bonds. The molecule has 0 aliphatic rings. The first-order chi connectivity index (χ1) is 29.5. The first-order valence-electron chi connectivity index (χ1n) is 20.3. The van der Waals surface area contributed by atoms with E-state index in [0.29, 0.717) is 6.54 Å². The molecule has 0 saturated heterocycles. The average molecular weight is 775 g/mol. The van der Waals surface area contributed by atoms with Crippen molar-refractivity contribution in [2.75, 3.05) is 11.4 Å². The zero-order valence-corrected chi connectivity index (χ0v) is 34.8. The fourth-order valence-corrected chi connectivity index (χ4v) is 8.47. The highest BCUT2D eigenvalue weighted by atomic mass is 15.1. The summed E-state index contributed by atoms with van der Waals surface area (Å²) < 4.78 is 2.39. The lowest BCUT2D eigenvalue weighted by Crippen LogP contribution is -2.34. The van der Waals surface area contributed by atoms with Crippen LogP contribution in [0.3, 0.4) is 0 Å². The van der Waals surface area contributed by atoms with Gasteiger partial charge in [-0.2, -0.15) is 0 Å². The topological polar surface area (TPSA) is 8.17 Å². The molecule has 0 unspecified atom stereocenters. The minimum absolute atomic E-state index is 0.658. The fraction of sp³-hybridized carbons (Fsp3) is 0.0690. The Morgan fingerprint density at radius 1 is 0.533 bits per heavy atom. The second-order valence-electron chi connectivity index (χ2n) is 14.6. The highest BCUT2D eigenvalue weighted by molar-refractivity contribution is 6.10. The summed E-state index contributed by atoms with van der Waals surface area (Å²) in [6.45, 7) is 19.5. The zero-order chi connectivity index (χ0) is 42.2. The Bertz CT molecular complexity index is 3040. The van der Waals surface area contributed by atoms with Crippen molar-refractivity contribution >= 4 is 69.6 Å². The van der Waals surface area contributed by atoms with Gasteiger partial charge in [0.1, 0.15) is 0 Å². The molecule has 0 atom stereocenters. The number of hydrogen-bond donors (Lipinski definition) is 0. The summed E-state index contributed by atoms with van der Waals surface area (Å²) in [4.78, 5) is 2.39. The van der Waals surface area contributed by atoms with Gasteiger partial charge >= 0.3 is 0 Å². The predicted octanol–water partition coefficient (Wildman–Crippen LogP) is 14.1. The summed E-state index contributed by atoms with van der Waals surface area (Å²) >= 11 is 0. The monoisotopic (exact) mass is 774 g/mol. The van der Waals surface area contributed by atoms with Crippen LogP contribution in [0.2, 0.25) is 0 Å². The molecule has 0 spiro atoms. The zero-order valence-electron chi connectivity index (χ0n) is 34.8. The Kier molecular flexibility index (Phi) is 12.4. The standard InChI is InChI=1S/C56H48N2.C2H2/c1-7-19-51-49(10-4)47(8-2)48(9-3)50(11-5)52(51)34-35-57(45-24-17-20-39(6)36-45)44-31-28-41(29-32-44)43-30-33-56-54(38-43)53-26-15-16-27-55(53)58(56)46-25-18-23-42(37-46)40-21-13-12-14-22-40;1-2/h7-34,36-38H,2-4,35H2,1,5-6H3;1-2H/b19-7-,50-11-,52-34+;. The maximum absolute atomic E-state index is 4.20. The number of hydrogen-bond acceptors (Lipinski definition) is 1. The number of aryl methyl sites for hydroxylation is 1. The summed E-state index contributed by atoms with van der Waals surface area (Å²) in [7, 11) is 0. The van der Waals surface area contributed by atoms with Crippen molar-refractivity contribution in [3.8, 4) is 40.8 Å².